The maximum Gasteiger partial charge on any atom is 0.0797 e. The number of aryl methyl sites for hydroxylation is 1. The molecule has 0 radical (unpaired) electrons. The summed E-state index contributed by atoms with van der Waals surface area (Å²) in [5.74, 6) is 0.444. The predicted octanol–water partition coefficient (Wildman–Crippen LogP) is 3.28. The van der Waals surface area contributed by atoms with Crippen molar-refractivity contribution in [3.8, 4) is 0 Å². The van der Waals surface area contributed by atoms with Crippen LogP contribution in [-0.2, 0) is 0 Å². The predicted molar refractivity (Wildman–Crippen MR) is 72.1 cm³/mol. The van der Waals surface area contributed by atoms with E-state index >= 15 is 0 Å². The molecule has 1 unspecified atom stereocenters. The summed E-state index contributed by atoms with van der Waals surface area (Å²) in [6.07, 6.45) is 6.58. The highest BCUT2D eigenvalue weighted by atomic mass is 32.1. The zero-order chi connectivity index (χ0) is 12.0. The van der Waals surface area contributed by atoms with Crippen molar-refractivity contribution < 1.29 is 0 Å². The van der Waals surface area contributed by atoms with Gasteiger partial charge in [-0.2, -0.15) is 0 Å². The Labute approximate surface area is 102 Å². The lowest BCUT2D eigenvalue weighted by atomic mass is 10.1. The Bertz CT molecular complexity index is 377. The normalized spacial score (nSPS) is 14.6. The van der Waals surface area contributed by atoms with E-state index in [1.165, 1.54) is 10.5 Å². The monoisotopic (exact) mass is 236 g/mol. The number of thiazole rings is 1. The van der Waals surface area contributed by atoms with Crippen LogP contribution in [0.25, 0.3) is 0 Å². The van der Waals surface area contributed by atoms with Crippen LogP contribution in [0.15, 0.2) is 29.3 Å². The zero-order valence-electron chi connectivity index (χ0n) is 10.4. The van der Waals surface area contributed by atoms with Crippen molar-refractivity contribution in [2.24, 2.45) is 0 Å². The van der Waals surface area contributed by atoms with Crippen LogP contribution in [0.3, 0.4) is 0 Å². The van der Waals surface area contributed by atoms with Crippen LogP contribution < -0.4 is 5.32 Å². The number of aromatic nitrogens is 1. The average Bonchev–Trinajstić information content (AvgIpc) is 2.70. The minimum absolute atomic E-state index is 0.444. The molecule has 1 heterocycles. The van der Waals surface area contributed by atoms with Gasteiger partial charge in [0.25, 0.3) is 0 Å². The highest BCUT2D eigenvalue weighted by molar-refractivity contribution is 7.09. The van der Waals surface area contributed by atoms with E-state index in [2.05, 4.69) is 49.3 Å². The van der Waals surface area contributed by atoms with Gasteiger partial charge in [0.1, 0.15) is 0 Å². The van der Waals surface area contributed by atoms with Crippen LogP contribution in [0.2, 0.25) is 0 Å². The molecule has 88 valence electrons. The lowest BCUT2D eigenvalue weighted by Gasteiger charge is -2.05. The van der Waals surface area contributed by atoms with Gasteiger partial charge in [0.15, 0.2) is 0 Å². The van der Waals surface area contributed by atoms with Crippen LogP contribution in [0, 0.1) is 6.92 Å². The van der Waals surface area contributed by atoms with Crippen molar-refractivity contribution >= 4 is 11.3 Å². The van der Waals surface area contributed by atoms with Gasteiger partial charge in [-0.1, -0.05) is 25.2 Å². The molecule has 1 aromatic rings. The topological polar surface area (TPSA) is 24.9 Å². The van der Waals surface area contributed by atoms with Gasteiger partial charge in [-0.3, -0.25) is 0 Å². The Morgan fingerprint density at radius 2 is 2.38 bits per heavy atom. The maximum atomic E-state index is 4.28. The SMILES string of the molecule is C/C=C(\C=C/C(C)c1scnc1C)CNC. The second kappa shape index (κ2) is 6.61. The van der Waals surface area contributed by atoms with Crippen LogP contribution >= 0.6 is 11.3 Å². The van der Waals surface area contributed by atoms with Crippen molar-refractivity contribution in [1.82, 2.24) is 10.3 Å². The first-order chi connectivity index (χ1) is 7.69. The summed E-state index contributed by atoms with van der Waals surface area (Å²) in [6, 6.07) is 0. The zero-order valence-corrected chi connectivity index (χ0v) is 11.3. The number of rotatable bonds is 5. The molecular formula is C13H20N2S. The fourth-order valence-electron chi connectivity index (χ4n) is 1.56. The number of nitrogens with one attached hydrogen (secondary N) is 1. The van der Waals surface area contributed by atoms with Crippen molar-refractivity contribution in [2.45, 2.75) is 26.7 Å². The van der Waals surface area contributed by atoms with Crippen LogP contribution in [0.1, 0.15) is 30.3 Å². The number of likely N-dealkylation sites (N-methyl/N-ethyl adjacent to an activating group) is 1. The first kappa shape index (κ1) is 13.1. The summed E-state index contributed by atoms with van der Waals surface area (Å²) in [6.45, 7) is 7.27. The summed E-state index contributed by atoms with van der Waals surface area (Å²) in [5, 5.41) is 3.16. The first-order valence-corrected chi connectivity index (χ1v) is 6.45. The minimum Gasteiger partial charge on any atom is -0.316 e. The minimum atomic E-state index is 0.444. The molecule has 0 bridgehead atoms. The van der Waals surface area contributed by atoms with E-state index in [9.17, 15) is 0 Å². The van der Waals surface area contributed by atoms with Crippen LogP contribution in [0.4, 0.5) is 0 Å². The molecule has 1 N–H and O–H groups in total. The first-order valence-electron chi connectivity index (χ1n) is 5.57. The largest absolute Gasteiger partial charge is 0.316 e. The molecule has 2 nitrogen and oxygen atoms in total. The van der Waals surface area contributed by atoms with Crippen LogP contribution in [0.5, 0.6) is 0 Å². The number of hydrogen-bond acceptors (Lipinski definition) is 3. The molecule has 0 aliphatic heterocycles. The summed E-state index contributed by atoms with van der Waals surface area (Å²) in [4.78, 5) is 5.64. The van der Waals surface area contributed by atoms with Gasteiger partial charge in [0, 0.05) is 17.3 Å². The highest BCUT2D eigenvalue weighted by Crippen LogP contribution is 2.24. The van der Waals surface area contributed by atoms with Crippen molar-refractivity contribution in [3.05, 3.63) is 39.9 Å². The lowest BCUT2D eigenvalue weighted by molar-refractivity contribution is 0.889. The second-order valence-electron chi connectivity index (χ2n) is 3.84. The van der Waals surface area contributed by atoms with E-state index < -0.39 is 0 Å². The summed E-state index contributed by atoms with van der Waals surface area (Å²) in [5.41, 5.74) is 4.38. The Kier molecular flexibility index (Phi) is 5.43. The molecule has 1 aromatic heterocycles. The smallest absolute Gasteiger partial charge is 0.0797 e. The fraction of sp³-hybridized carbons (Fsp3) is 0.462. The molecule has 0 saturated heterocycles. The third-order valence-corrected chi connectivity index (χ3v) is 3.68. The summed E-state index contributed by atoms with van der Waals surface area (Å²) < 4.78 is 0. The Hall–Kier alpha value is -0.930. The summed E-state index contributed by atoms with van der Waals surface area (Å²) >= 11 is 1.73. The van der Waals surface area contributed by atoms with Gasteiger partial charge < -0.3 is 5.32 Å². The van der Waals surface area contributed by atoms with E-state index in [-0.39, 0.29) is 0 Å². The van der Waals surface area contributed by atoms with E-state index in [1.807, 2.05) is 12.6 Å². The Morgan fingerprint density at radius 1 is 1.62 bits per heavy atom. The molecule has 16 heavy (non-hydrogen) atoms. The van der Waals surface area contributed by atoms with E-state index in [1.54, 1.807) is 11.3 Å². The van der Waals surface area contributed by atoms with E-state index in [4.69, 9.17) is 0 Å². The maximum absolute atomic E-state index is 4.28. The van der Waals surface area contributed by atoms with Gasteiger partial charge >= 0.3 is 0 Å². The summed E-state index contributed by atoms with van der Waals surface area (Å²) in [7, 11) is 1.97. The highest BCUT2D eigenvalue weighted by Gasteiger charge is 2.07. The van der Waals surface area contributed by atoms with Gasteiger partial charge in [-0.25, -0.2) is 4.98 Å². The fourth-order valence-corrected chi connectivity index (χ4v) is 2.41. The molecule has 3 heteroatoms. The number of nitrogens with zero attached hydrogens (tertiary/aromatic N) is 1. The molecule has 1 atom stereocenters. The van der Waals surface area contributed by atoms with Crippen molar-refractivity contribution in [3.63, 3.8) is 0 Å². The number of allylic oxidation sites excluding steroid dienone is 2. The third-order valence-electron chi connectivity index (χ3n) is 2.55. The van der Waals surface area contributed by atoms with Crippen molar-refractivity contribution in [2.75, 3.05) is 13.6 Å². The molecule has 0 aliphatic rings. The van der Waals surface area contributed by atoms with E-state index in [0.29, 0.717) is 5.92 Å². The Morgan fingerprint density at radius 3 is 2.88 bits per heavy atom. The molecule has 0 aliphatic carbocycles. The van der Waals surface area contributed by atoms with E-state index in [0.717, 1.165) is 12.2 Å². The molecule has 0 fully saturated rings. The third kappa shape index (κ3) is 3.58. The standard InChI is InChI=1S/C13H20N2S/c1-5-12(8-14-4)7-6-10(2)13-11(3)15-9-16-13/h5-7,9-10,14H,8H2,1-4H3/b7-6-,12-5+. The average molecular weight is 236 g/mol. The molecule has 1 rings (SSSR count). The van der Waals surface area contributed by atoms with Crippen LogP contribution in [-0.4, -0.2) is 18.6 Å². The van der Waals surface area contributed by atoms with Crippen molar-refractivity contribution in [1.29, 1.82) is 0 Å². The molecular weight excluding hydrogens is 216 g/mol. The second-order valence-corrected chi connectivity index (χ2v) is 4.73. The Balaban J connectivity index is 2.67. The van der Waals surface area contributed by atoms with Gasteiger partial charge in [-0.15, -0.1) is 11.3 Å². The molecule has 0 spiro atoms. The molecule has 0 aromatic carbocycles. The lowest BCUT2D eigenvalue weighted by Crippen LogP contribution is -2.09. The molecule has 0 saturated carbocycles. The molecule has 0 amide bonds. The number of hydrogen-bond donors (Lipinski definition) is 1. The van der Waals surface area contributed by atoms with Gasteiger partial charge in [-0.05, 0) is 26.5 Å². The van der Waals surface area contributed by atoms with Gasteiger partial charge in [0.05, 0.1) is 11.2 Å². The quantitative estimate of drug-likeness (QED) is 0.794. The van der Waals surface area contributed by atoms with Gasteiger partial charge in [0.2, 0.25) is 0 Å².